The first-order valence-electron chi connectivity index (χ1n) is 6.53. The molecule has 0 unspecified atom stereocenters. The maximum absolute atomic E-state index is 12.3. The monoisotopic (exact) mass is 300 g/mol. The van der Waals surface area contributed by atoms with E-state index in [4.69, 9.17) is 9.56 Å². The second-order valence-corrected chi connectivity index (χ2v) is 7.56. The lowest BCUT2D eigenvalue weighted by Gasteiger charge is -2.36. The van der Waals surface area contributed by atoms with Crippen molar-refractivity contribution >= 4 is 15.9 Å². The Bertz CT molecular complexity index is 621. The number of piperidine rings is 1. The number of carbonyl (C=O) groups is 1. The molecule has 2 heterocycles. The molecule has 0 aliphatic carbocycles. The summed E-state index contributed by atoms with van der Waals surface area (Å²) >= 11 is 0. The fourth-order valence-electron chi connectivity index (χ4n) is 2.32. The van der Waals surface area contributed by atoms with E-state index in [9.17, 15) is 13.2 Å². The summed E-state index contributed by atoms with van der Waals surface area (Å²) in [5.74, 6) is -0.0991. The summed E-state index contributed by atoms with van der Waals surface area (Å²) in [5, 5.41) is 5.07. The van der Waals surface area contributed by atoms with Crippen LogP contribution in [0.3, 0.4) is 0 Å². The highest BCUT2D eigenvalue weighted by Gasteiger charge is 2.30. The maximum Gasteiger partial charge on any atom is 0.289 e. The van der Waals surface area contributed by atoms with Gasteiger partial charge in [-0.05, 0) is 25.2 Å². The molecule has 1 amide bonds. The molecule has 1 saturated heterocycles. The summed E-state index contributed by atoms with van der Waals surface area (Å²) in [4.78, 5) is 13.9. The van der Waals surface area contributed by atoms with Crippen LogP contribution in [0.25, 0.3) is 0 Å². The zero-order chi connectivity index (χ0) is 15.1. The van der Waals surface area contributed by atoms with Gasteiger partial charge in [0.15, 0.2) is 5.76 Å². The fourth-order valence-corrected chi connectivity index (χ4v) is 3.04. The number of likely N-dealkylation sites (tertiary alicyclic amines) is 1. The Kier molecular flexibility index (Phi) is 3.68. The molecule has 1 aliphatic rings. The van der Waals surface area contributed by atoms with Crippen molar-refractivity contribution < 1.29 is 17.6 Å². The first kappa shape index (κ1) is 15.1. The molecule has 1 aliphatic heterocycles. The van der Waals surface area contributed by atoms with Gasteiger partial charge in [-0.25, -0.2) is 13.6 Å². The molecule has 0 aromatic carbocycles. The van der Waals surface area contributed by atoms with E-state index >= 15 is 0 Å². The summed E-state index contributed by atoms with van der Waals surface area (Å²) in [6.45, 7) is 7.12. The van der Waals surface area contributed by atoms with Crippen molar-refractivity contribution in [3.05, 3.63) is 17.6 Å². The smallest absolute Gasteiger partial charge is 0.289 e. The molecule has 0 bridgehead atoms. The Morgan fingerprint density at radius 3 is 2.35 bits per heavy atom. The van der Waals surface area contributed by atoms with Crippen molar-refractivity contribution in [2.24, 2.45) is 10.6 Å². The van der Waals surface area contributed by atoms with E-state index in [0.717, 1.165) is 12.8 Å². The van der Waals surface area contributed by atoms with E-state index in [2.05, 4.69) is 13.8 Å². The highest BCUT2D eigenvalue weighted by molar-refractivity contribution is 7.89. The van der Waals surface area contributed by atoms with Crippen LogP contribution in [0, 0.1) is 12.3 Å². The van der Waals surface area contributed by atoms with Crippen LogP contribution in [0.5, 0.6) is 0 Å². The molecule has 1 aromatic rings. The molecule has 20 heavy (non-hydrogen) atoms. The number of nitrogens with two attached hydrogens (primary N) is 1. The van der Waals surface area contributed by atoms with Crippen LogP contribution in [-0.2, 0) is 10.0 Å². The molecule has 0 spiro atoms. The number of furan rings is 1. The molecule has 0 radical (unpaired) electrons. The lowest BCUT2D eigenvalue weighted by Crippen LogP contribution is -2.41. The Balaban J connectivity index is 2.19. The van der Waals surface area contributed by atoms with Gasteiger partial charge in [0, 0.05) is 19.2 Å². The van der Waals surface area contributed by atoms with E-state index in [1.165, 1.54) is 13.0 Å². The topological polar surface area (TPSA) is 93.6 Å². The van der Waals surface area contributed by atoms with Gasteiger partial charge in [-0.15, -0.1) is 0 Å². The minimum Gasteiger partial charge on any atom is -0.455 e. The maximum atomic E-state index is 12.3. The molecular weight excluding hydrogens is 280 g/mol. The lowest BCUT2D eigenvalue weighted by molar-refractivity contribution is 0.0598. The minimum absolute atomic E-state index is 0.0335. The van der Waals surface area contributed by atoms with Gasteiger partial charge in [0.25, 0.3) is 5.91 Å². The number of amides is 1. The Hall–Kier alpha value is -1.34. The second-order valence-electron chi connectivity index (χ2n) is 6.03. The van der Waals surface area contributed by atoms with Crippen molar-refractivity contribution in [1.82, 2.24) is 4.90 Å². The van der Waals surface area contributed by atoms with E-state index < -0.39 is 10.0 Å². The number of carbonyl (C=O) groups excluding carboxylic acids is 1. The van der Waals surface area contributed by atoms with Crippen LogP contribution >= 0.6 is 0 Å². The zero-order valence-corrected chi connectivity index (χ0v) is 12.8. The second kappa shape index (κ2) is 4.89. The van der Waals surface area contributed by atoms with Crippen molar-refractivity contribution in [3.8, 4) is 0 Å². The molecule has 0 atom stereocenters. The zero-order valence-electron chi connectivity index (χ0n) is 12.0. The number of hydrogen-bond acceptors (Lipinski definition) is 4. The van der Waals surface area contributed by atoms with E-state index in [1.807, 2.05) is 0 Å². The summed E-state index contributed by atoms with van der Waals surface area (Å²) in [6.07, 6.45) is 1.83. The standard InChI is InChI=1S/C13H20N2O4S/c1-9-11(20(14,17)18)8-10(19-9)12(16)15-6-4-13(2,3)5-7-15/h8H,4-7H2,1-3H3,(H2,14,17,18). The van der Waals surface area contributed by atoms with Gasteiger partial charge in [-0.1, -0.05) is 13.8 Å². The van der Waals surface area contributed by atoms with Crippen molar-refractivity contribution in [3.63, 3.8) is 0 Å². The highest BCUT2D eigenvalue weighted by atomic mass is 32.2. The predicted molar refractivity (Wildman–Crippen MR) is 73.7 cm³/mol. The Morgan fingerprint density at radius 1 is 1.35 bits per heavy atom. The van der Waals surface area contributed by atoms with Gasteiger partial charge in [-0.3, -0.25) is 4.79 Å². The molecule has 2 N–H and O–H groups in total. The number of aryl methyl sites for hydroxylation is 1. The van der Waals surface area contributed by atoms with Crippen molar-refractivity contribution in [2.75, 3.05) is 13.1 Å². The van der Waals surface area contributed by atoms with Crippen molar-refractivity contribution in [1.29, 1.82) is 0 Å². The molecule has 112 valence electrons. The van der Waals surface area contributed by atoms with Crippen LogP contribution in [0.1, 0.15) is 43.0 Å². The fraction of sp³-hybridized carbons (Fsp3) is 0.615. The molecule has 1 aromatic heterocycles. The Labute approximate surface area is 119 Å². The van der Waals surface area contributed by atoms with E-state index in [-0.39, 0.29) is 27.7 Å². The summed E-state index contributed by atoms with van der Waals surface area (Å²) in [6, 6.07) is 1.22. The quantitative estimate of drug-likeness (QED) is 0.895. The van der Waals surface area contributed by atoms with E-state index in [1.54, 1.807) is 4.90 Å². The molecule has 1 fully saturated rings. The average Bonchev–Trinajstić information content (AvgIpc) is 2.70. The van der Waals surface area contributed by atoms with Gasteiger partial charge in [-0.2, -0.15) is 0 Å². The van der Waals surface area contributed by atoms with Crippen LogP contribution in [0.15, 0.2) is 15.4 Å². The molecule has 7 heteroatoms. The number of rotatable bonds is 2. The third-order valence-electron chi connectivity index (χ3n) is 3.79. The predicted octanol–water partition coefficient (Wildman–Crippen LogP) is 1.50. The normalized spacial score (nSPS) is 19.1. The minimum atomic E-state index is -3.86. The van der Waals surface area contributed by atoms with Gasteiger partial charge in [0.1, 0.15) is 10.7 Å². The number of nitrogens with zero attached hydrogens (tertiary/aromatic N) is 1. The van der Waals surface area contributed by atoms with Crippen LogP contribution in [0.2, 0.25) is 0 Å². The average molecular weight is 300 g/mol. The third-order valence-corrected chi connectivity index (χ3v) is 4.81. The van der Waals surface area contributed by atoms with Gasteiger partial charge in [0.05, 0.1) is 0 Å². The van der Waals surface area contributed by atoms with Gasteiger partial charge >= 0.3 is 0 Å². The molecule has 0 saturated carbocycles. The van der Waals surface area contributed by atoms with Crippen LogP contribution < -0.4 is 5.14 Å². The lowest BCUT2D eigenvalue weighted by atomic mass is 9.82. The van der Waals surface area contributed by atoms with Crippen LogP contribution in [0.4, 0.5) is 0 Å². The summed E-state index contributed by atoms with van der Waals surface area (Å²) in [5.41, 5.74) is 0.238. The van der Waals surface area contributed by atoms with E-state index in [0.29, 0.717) is 13.1 Å². The number of sulfonamides is 1. The number of primary sulfonamides is 1. The summed E-state index contributed by atoms with van der Waals surface area (Å²) < 4.78 is 27.9. The highest BCUT2D eigenvalue weighted by Crippen LogP contribution is 2.30. The first-order chi connectivity index (χ1) is 9.10. The van der Waals surface area contributed by atoms with Crippen LogP contribution in [-0.4, -0.2) is 32.3 Å². The Morgan fingerprint density at radius 2 is 1.90 bits per heavy atom. The van der Waals surface area contributed by atoms with Gasteiger partial charge < -0.3 is 9.32 Å². The molecule has 6 nitrogen and oxygen atoms in total. The molecule has 2 rings (SSSR count). The largest absolute Gasteiger partial charge is 0.455 e. The third kappa shape index (κ3) is 3.04. The van der Waals surface area contributed by atoms with Crippen molar-refractivity contribution in [2.45, 2.75) is 38.5 Å². The van der Waals surface area contributed by atoms with Gasteiger partial charge in [0.2, 0.25) is 10.0 Å². The SMILES string of the molecule is Cc1oc(C(=O)N2CCC(C)(C)CC2)cc1S(N)(=O)=O. The first-order valence-corrected chi connectivity index (χ1v) is 8.07. The molecular formula is C13H20N2O4S. The number of hydrogen-bond donors (Lipinski definition) is 1. The summed E-state index contributed by atoms with van der Waals surface area (Å²) in [7, 11) is -3.86.